The van der Waals surface area contributed by atoms with E-state index in [1.807, 2.05) is 11.8 Å². The van der Waals surface area contributed by atoms with Gasteiger partial charge in [0.2, 0.25) is 0 Å². The fraction of sp³-hybridized carbons (Fsp3) is 0.632. The second-order valence-corrected chi connectivity index (χ2v) is 8.57. The third-order valence-electron chi connectivity index (χ3n) is 5.69. The average Bonchev–Trinajstić information content (AvgIpc) is 3.13. The van der Waals surface area contributed by atoms with Crippen LogP contribution in [-0.2, 0) is 4.74 Å². The molecule has 0 saturated carbocycles. The molecule has 1 aromatic carbocycles. The van der Waals surface area contributed by atoms with Crippen molar-refractivity contribution in [3.05, 3.63) is 35.4 Å². The Morgan fingerprint density at radius 2 is 2.12 bits per heavy atom. The molecule has 130 valence electrons. The number of benzene rings is 1. The molecule has 2 aliphatic heterocycles. The van der Waals surface area contributed by atoms with Gasteiger partial charge in [-0.3, -0.25) is 0 Å². The Bertz CT molecular complexity index is 615. The Balaban J connectivity index is 1.36. The highest BCUT2D eigenvalue weighted by molar-refractivity contribution is 7.99. The lowest BCUT2D eigenvalue weighted by Gasteiger charge is -2.38. The maximum absolute atomic E-state index is 12.5. The second kappa shape index (κ2) is 6.60. The molecule has 0 aromatic heterocycles. The third-order valence-corrected chi connectivity index (χ3v) is 6.92. The van der Waals surface area contributed by atoms with Gasteiger partial charge in [-0.15, -0.1) is 0 Å². The number of hydrogen-bond acceptors (Lipinski definition) is 3. The average molecular weight is 346 g/mol. The minimum atomic E-state index is -0.0309. The standard InChI is InChI=1S/C19H26N2O2S/c1-13-10-17(16-5-3-2-4-15(13)16)21-18(22)20-14-6-8-23-19(11-14)7-9-24-12-19/h2-5,13-14,17H,6-12H2,1H3,(H2,20,21,22). The topological polar surface area (TPSA) is 50.4 Å². The molecule has 0 radical (unpaired) electrons. The number of thioether (sulfide) groups is 1. The van der Waals surface area contributed by atoms with E-state index in [0.29, 0.717) is 5.92 Å². The molecule has 4 rings (SSSR count). The number of fused-ring (bicyclic) bond motifs is 1. The van der Waals surface area contributed by atoms with Crippen molar-refractivity contribution < 1.29 is 9.53 Å². The van der Waals surface area contributed by atoms with Crippen molar-refractivity contribution in [2.24, 2.45) is 0 Å². The van der Waals surface area contributed by atoms with Gasteiger partial charge in [-0.05, 0) is 48.5 Å². The van der Waals surface area contributed by atoms with E-state index in [1.165, 1.54) is 16.9 Å². The van der Waals surface area contributed by atoms with Crippen LogP contribution in [-0.4, -0.2) is 35.8 Å². The molecular formula is C19H26N2O2S. The number of nitrogens with one attached hydrogen (secondary N) is 2. The van der Waals surface area contributed by atoms with Crippen molar-refractivity contribution in [3.8, 4) is 0 Å². The number of carbonyl (C=O) groups excluding carboxylic acids is 1. The number of ether oxygens (including phenoxy) is 1. The van der Waals surface area contributed by atoms with E-state index in [0.717, 1.165) is 38.0 Å². The number of carbonyl (C=O) groups is 1. The molecule has 2 amide bonds. The summed E-state index contributed by atoms with van der Waals surface area (Å²) in [7, 11) is 0. The first-order valence-electron chi connectivity index (χ1n) is 9.03. The zero-order valence-corrected chi connectivity index (χ0v) is 15.0. The Morgan fingerprint density at radius 1 is 1.29 bits per heavy atom. The molecule has 5 heteroatoms. The van der Waals surface area contributed by atoms with Crippen LogP contribution in [0.5, 0.6) is 0 Å². The molecule has 1 aromatic rings. The van der Waals surface area contributed by atoms with Crippen LogP contribution >= 0.6 is 11.8 Å². The predicted molar refractivity (Wildman–Crippen MR) is 97.5 cm³/mol. The summed E-state index contributed by atoms with van der Waals surface area (Å²) in [5.74, 6) is 2.75. The van der Waals surface area contributed by atoms with Gasteiger partial charge in [0.1, 0.15) is 0 Å². The van der Waals surface area contributed by atoms with Crippen LogP contribution in [0.1, 0.15) is 55.7 Å². The number of amides is 2. The molecule has 1 aliphatic carbocycles. The first-order chi connectivity index (χ1) is 11.7. The van der Waals surface area contributed by atoms with Crippen molar-refractivity contribution in [2.75, 3.05) is 18.1 Å². The SMILES string of the molecule is CC1CC(NC(=O)NC2CCOC3(CCSC3)C2)c2ccccc21. The summed E-state index contributed by atoms with van der Waals surface area (Å²) >= 11 is 1.97. The molecular weight excluding hydrogens is 320 g/mol. The lowest BCUT2D eigenvalue weighted by atomic mass is 9.90. The van der Waals surface area contributed by atoms with E-state index in [1.54, 1.807) is 0 Å². The van der Waals surface area contributed by atoms with E-state index in [2.05, 4.69) is 41.8 Å². The van der Waals surface area contributed by atoms with Gasteiger partial charge < -0.3 is 15.4 Å². The van der Waals surface area contributed by atoms with E-state index < -0.39 is 0 Å². The zero-order valence-electron chi connectivity index (χ0n) is 14.2. The van der Waals surface area contributed by atoms with Gasteiger partial charge in [0, 0.05) is 18.4 Å². The summed E-state index contributed by atoms with van der Waals surface area (Å²) in [6.45, 7) is 2.99. The molecule has 4 nitrogen and oxygen atoms in total. The Kier molecular flexibility index (Phi) is 4.48. The summed E-state index contributed by atoms with van der Waals surface area (Å²) in [5, 5.41) is 6.40. The van der Waals surface area contributed by atoms with Crippen molar-refractivity contribution in [1.29, 1.82) is 0 Å². The molecule has 2 N–H and O–H groups in total. The molecule has 2 saturated heterocycles. The van der Waals surface area contributed by atoms with Gasteiger partial charge in [-0.1, -0.05) is 31.2 Å². The first-order valence-corrected chi connectivity index (χ1v) is 10.2. The van der Waals surface area contributed by atoms with Crippen LogP contribution in [0.15, 0.2) is 24.3 Å². The van der Waals surface area contributed by atoms with Crippen LogP contribution < -0.4 is 10.6 Å². The lowest BCUT2D eigenvalue weighted by Crippen LogP contribution is -2.51. The fourth-order valence-corrected chi connectivity index (χ4v) is 5.80. The first kappa shape index (κ1) is 16.3. The van der Waals surface area contributed by atoms with Gasteiger partial charge in [0.05, 0.1) is 11.6 Å². The quantitative estimate of drug-likeness (QED) is 0.860. The van der Waals surface area contributed by atoms with Gasteiger partial charge >= 0.3 is 6.03 Å². The molecule has 24 heavy (non-hydrogen) atoms. The number of hydrogen-bond donors (Lipinski definition) is 2. The molecule has 2 fully saturated rings. The van der Waals surface area contributed by atoms with Gasteiger partial charge in [-0.2, -0.15) is 11.8 Å². The van der Waals surface area contributed by atoms with E-state index >= 15 is 0 Å². The summed E-state index contributed by atoms with van der Waals surface area (Å²) in [5.41, 5.74) is 2.65. The van der Waals surface area contributed by atoms with Gasteiger partial charge in [-0.25, -0.2) is 4.79 Å². The normalized spacial score (nSPS) is 35.0. The minimum absolute atomic E-state index is 0.00926. The van der Waals surface area contributed by atoms with E-state index in [4.69, 9.17) is 4.74 Å². The maximum Gasteiger partial charge on any atom is 0.315 e. The van der Waals surface area contributed by atoms with Crippen molar-refractivity contribution in [3.63, 3.8) is 0 Å². The highest BCUT2D eigenvalue weighted by atomic mass is 32.2. The summed E-state index contributed by atoms with van der Waals surface area (Å²) in [6, 6.07) is 8.79. The summed E-state index contributed by atoms with van der Waals surface area (Å²) < 4.78 is 6.04. The van der Waals surface area contributed by atoms with Crippen molar-refractivity contribution in [2.45, 2.75) is 56.2 Å². The number of rotatable bonds is 2. The molecule has 4 unspecified atom stereocenters. The minimum Gasteiger partial charge on any atom is -0.374 e. The van der Waals surface area contributed by atoms with E-state index in [9.17, 15) is 4.79 Å². The Hall–Kier alpha value is -1.20. The zero-order chi connectivity index (χ0) is 16.6. The number of urea groups is 1. The molecule has 1 spiro atoms. The molecule has 4 atom stereocenters. The highest BCUT2D eigenvalue weighted by Crippen LogP contribution is 2.40. The molecule has 3 aliphatic rings. The van der Waals surface area contributed by atoms with Gasteiger partial charge in [0.25, 0.3) is 0 Å². The van der Waals surface area contributed by atoms with Crippen LogP contribution in [0.3, 0.4) is 0 Å². The van der Waals surface area contributed by atoms with Gasteiger partial charge in [0.15, 0.2) is 0 Å². The molecule has 2 heterocycles. The largest absolute Gasteiger partial charge is 0.374 e. The Labute approximate surface area is 148 Å². The Morgan fingerprint density at radius 3 is 2.92 bits per heavy atom. The smallest absolute Gasteiger partial charge is 0.315 e. The van der Waals surface area contributed by atoms with E-state index in [-0.39, 0.29) is 23.7 Å². The predicted octanol–water partition coefficient (Wildman–Crippen LogP) is 3.59. The third kappa shape index (κ3) is 3.16. The second-order valence-electron chi connectivity index (χ2n) is 7.46. The molecule has 0 bridgehead atoms. The fourth-order valence-electron chi connectivity index (χ4n) is 4.42. The van der Waals surface area contributed by atoms with Crippen LogP contribution in [0.2, 0.25) is 0 Å². The summed E-state index contributed by atoms with van der Waals surface area (Å²) in [4.78, 5) is 12.5. The monoisotopic (exact) mass is 346 g/mol. The summed E-state index contributed by atoms with van der Waals surface area (Å²) in [6.07, 6.45) is 3.97. The van der Waals surface area contributed by atoms with Crippen LogP contribution in [0, 0.1) is 0 Å². The van der Waals surface area contributed by atoms with Crippen LogP contribution in [0.4, 0.5) is 4.79 Å². The van der Waals surface area contributed by atoms with Crippen LogP contribution in [0.25, 0.3) is 0 Å². The van der Waals surface area contributed by atoms with Crippen molar-refractivity contribution >= 4 is 17.8 Å². The maximum atomic E-state index is 12.5. The van der Waals surface area contributed by atoms with Crippen molar-refractivity contribution in [1.82, 2.24) is 10.6 Å². The highest BCUT2D eigenvalue weighted by Gasteiger charge is 2.41. The lowest BCUT2D eigenvalue weighted by molar-refractivity contribution is -0.0684.